The van der Waals surface area contributed by atoms with Crippen molar-refractivity contribution < 1.29 is 38.1 Å². The van der Waals surface area contributed by atoms with Crippen LogP contribution in [0.2, 0.25) is 0 Å². The molecule has 1 amide bonds. The molecule has 0 aromatic heterocycles. The molecular weight excluding hydrogens is 370 g/mol. The fourth-order valence-corrected chi connectivity index (χ4v) is 2.48. The molecule has 0 heterocycles. The van der Waals surface area contributed by atoms with Crippen LogP contribution in [-0.2, 0) is 19.1 Å². The van der Waals surface area contributed by atoms with Crippen LogP contribution in [0, 0.1) is 5.92 Å². The first-order valence-corrected chi connectivity index (χ1v) is 8.67. The van der Waals surface area contributed by atoms with E-state index in [1.165, 1.54) is 40.6 Å². The first-order valence-electron chi connectivity index (χ1n) is 8.67. The summed E-state index contributed by atoms with van der Waals surface area (Å²) in [5, 5.41) is 2.53. The highest BCUT2D eigenvalue weighted by atomic mass is 16.5. The molecule has 0 saturated heterocycles. The molecule has 9 heteroatoms. The van der Waals surface area contributed by atoms with Gasteiger partial charge in [-0.1, -0.05) is 20.3 Å². The van der Waals surface area contributed by atoms with Gasteiger partial charge in [-0.05, 0) is 18.1 Å². The minimum Gasteiger partial charge on any atom is -0.493 e. The van der Waals surface area contributed by atoms with E-state index in [-0.39, 0.29) is 23.0 Å². The van der Waals surface area contributed by atoms with Gasteiger partial charge in [0.25, 0.3) is 5.91 Å². The fraction of sp³-hybridized carbons (Fsp3) is 0.526. The summed E-state index contributed by atoms with van der Waals surface area (Å²) in [4.78, 5) is 36.4. The van der Waals surface area contributed by atoms with E-state index in [0.717, 1.165) is 0 Å². The summed E-state index contributed by atoms with van der Waals surface area (Å²) in [6, 6.07) is 2.14. The van der Waals surface area contributed by atoms with E-state index in [2.05, 4.69) is 5.32 Å². The molecule has 156 valence electrons. The minimum absolute atomic E-state index is 0.0689. The zero-order valence-corrected chi connectivity index (χ0v) is 17.0. The van der Waals surface area contributed by atoms with Crippen molar-refractivity contribution in [1.82, 2.24) is 5.32 Å². The summed E-state index contributed by atoms with van der Waals surface area (Å²) in [5.41, 5.74) is 0.0689. The van der Waals surface area contributed by atoms with Crippen molar-refractivity contribution in [1.29, 1.82) is 0 Å². The molecule has 0 aliphatic rings. The zero-order chi connectivity index (χ0) is 21.3. The molecule has 9 nitrogen and oxygen atoms in total. The molecule has 0 aliphatic heterocycles. The maximum Gasteiger partial charge on any atom is 0.342 e. The van der Waals surface area contributed by atoms with Crippen molar-refractivity contribution in [2.24, 2.45) is 5.92 Å². The van der Waals surface area contributed by atoms with Gasteiger partial charge in [-0.2, -0.15) is 0 Å². The lowest BCUT2D eigenvalue weighted by Crippen LogP contribution is -2.47. The molecule has 28 heavy (non-hydrogen) atoms. The average molecular weight is 397 g/mol. The number of ether oxygens (including phenoxy) is 5. The van der Waals surface area contributed by atoms with Gasteiger partial charge >= 0.3 is 11.9 Å². The van der Waals surface area contributed by atoms with Crippen LogP contribution in [0.15, 0.2) is 12.1 Å². The number of benzene rings is 1. The third kappa shape index (κ3) is 5.51. The van der Waals surface area contributed by atoms with E-state index in [0.29, 0.717) is 12.2 Å². The maximum absolute atomic E-state index is 12.4. The van der Waals surface area contributed by atoms with E-state index >= 15 is 0 Å². The van der Waals surface area contributed by atoms with Crippen molar-refractivity contribution in [3.63, 3.8) is 0 Å². The van der Waals surface area contributed by atoms with E-state index < -0.39 is 30.5 Å². The molecule has 1 aromatic rings. The lowest BCUT2D eigenvalue weighted by atomic mass is 9.99. The number of hydrogen-bond donors (Lipinski definition) is 1. The second kappa shape index (κ2) is 11.0. The Morgan fingerprint density at radius 3 is 2.14 bits per heavy atom. The SMILES string of the molecule is CCC(C)C(NC(=O)COC(=O)c1ccc(OC)c(OC)c1OC)C(=O)OC. The molecule has 2 unspecified atom stereocenters. The molecule has 2 atom stereocenters. The Morgan fingerprint density at radius 2 is 1.64 bits per heavy atom. The van der Waals surface area contributed by atoms with E-state index in [4.69, 9.17) is 23.7 Å². The lowest BCUT2D eigenvalue weighted by Gasteiger charge is -2.21. The predicted octanol–water partition coefficient (Wildman–Crippen LogP) is 1.57. The number of nitrogens with one attached hydrogen (secondary N) is 1. The summed E-state index contributed by atoms with van der Waals surface area (Å²) in [6.07, 6.45) is 0.655. The summed E-state index contributed by atoms with van der Waals surface area (Å²) in [5.74, 6) is -1.38. The van der Waals surface area contributed by atoms with Crippen molar-refractivity contribution in [3.05, 3.63) is 17.7 Å². The first kappa shape index (κ1) is 23.1. The minimum atomic E-state index is -0.822. The van der Waals surface area contributed by atoms with Crippen molar-refractivity contribution in [2.45, 2.75) is 26.3 Å². The third-order valence-electron chi connectivity index (χ3n) is 4.24. The molecule has 0 fully saturated rings. The molecule has 0 saturated carbocycles. The number of rotatable bonds is 10. The number of carbonyl (C=O) groups excluding carboxylic acids is 3. The molecule has 0 bridgehead atoms. The molecule has 0 aliphatic carbocycles. The number of esters is 2. The molecule has 1 N–H and O–H groups in total. The molecule has 0 spiro atoms. The summed E-state index contributed by atoms with van der Waals surface area (Å²) in [6.45, 7) is 3.12. The largest absolute Gasteiger partial charge is 0.493 e. The highest BCUT2D eigenvalue weighted by molar-refractivity contribution is 5.95. The number of amides is 1. The van der Waals surface area contributed by atoms with Crippen LogP contribution in [-0.4, -0.2) is 58.9 Å². The maximum atomic E-state index is 12.4. The normalized spacial score (nSPS) is 12.4. The fourth-order valence-electron chi connectivity index (χ4n) is 2.48. The van der Waals surface area contributed by atoms with Crippen LogP contribution in [0.4, 0.5) is 0 Å². The van der Waals surface area contributed by atoms with Crippen molar-refractivity contribution in [2.75, 3.05) is 35.0 Å². The summed E-state index contributed by atoms with van der Waals surface area (Å²) < 4.78 is 25.4. The summed E-state index contributed by atoms with van der Waals surface area (Å²) in [7, 11) is 5.47. The van der Waals surface area contributed by atoms with Gasteiger partial charge in [-0.15, -0.1) is 0 Å². The van der Waals surface area contributed by atoms with Gasteiger partial charge in [0.05, 0.1) is 28.4 Å². The highest BCUT2D eigenvalue weighted by Crippen LogP contribution is 2.39. The van der Waals surface area contributed by atoms with Gasteiger partial charge in [0.2, 0.25) is 5.75 Å². The van der Waals surface area contributed by atoms with Crippen LogP contribution >= 0.6 is 0 Å². The van der Waals surface area contributed by atoms with Gasteiger partial charge < -0.3 is 29.0 Å². The van der Waals surface area contributed by atoms with Gasteiger partial charge in [0.1, 0.15) is 11.6 Å². The Labute approximate surface area is 164 Å². The van der Waals surface area contributed by atoms with Crippen molar-refractivity contribution in [3.8, 4) is 17.2 Å². The first-order chi connectivity index (χ1) is 13.3. The van der Waals surface area contributed by atoms with E-state index in [1.807, 2.05) is 13.8 Å². The van der Waals surface area contributed by atoms with Gasteiger partial charge in [-0.3, -0.25) is 4.79 Å². The number of carbonyl (C=O) groups is 3. The van der Waals surface area contributed by atoms with Crippen LogP contribution < -0.4 is 19.5 Å². The number of hydrogen-bond acceptors (Lipinski definition) is 8. The van der Waals surface area contributed by atoms with Crippen LogP contribution in [0.3, 0.4) is 0 Å². The molecule has 1 rings (SSSR count). The highest BCUT2D eigenvalue weighted by Gasteiger charge is 2.27. The van der Waals surface area contributed by atoms with Gasteiger partial charge in [0, 0.05) is 0 Å². The zero-order valence-electron chi connectivity index (χ0n) is 17.0. The monoisotopic (exact) mass is 397 g/mol. The second-order valence-corrected chi connectivity index (χ2v) is 5.91. The van der Waals surface area contributed by atoms with Crippen LogP contribution in [0.1, 0.15) is 30.6 Å². The Morgan fingerprint density at radius 1 is 1.00 bits per heavy atom. The third-order valence-corrected chi connectivity index (χ3v) is 4.24. The van der Waals surface area contributed by atoms with E-state index in [9.17, 15) is 14.4 Å². The van der Waals surface area contributed by atoms with Crippen LogP contribution in [0.5, 0.6) is 17.2 Å². The Kier molecular flexibility index (Phi) is 9.07. The molecule has 0 radical (unpaired) electrons. The average Bonchev–Trinajstić information content (AvgIpc) is 2.73. The topological polar surface area (TPSA) is 109 Å². The molecular formula is C19H27NO8. The standard InChI is InChI=1S/C19H27NO8/c1-7-11(2)15(19(23)27-6)20-14(21)10-28-18(22)12-8-9-13(24-3)17(26-5)16(12)25-4/h8-9,11,15H,7,10H2,1-6H3,(H,20,21). The summed E-state index contributed by atoms with van der Waals surface area (Å²) >= 11 is 0. The van der Waals surface area contributed by atoms with Gasteiger partial charge in [0.15, 0.2) is 18.1 Å². The lowest BCUT2D eigenvalue weighted by molar-refractivity contribution is -0.147. The second-order valence-electron chi connectivity index (χ2n) is 5.91. The Balaban J connectivity index is 2.86. The smallest absolute Gasteiger partial charge is 0.342 e. The Hall–Kier alpha value is -2.97. The molecule has 1 aromatic carbocycles. The number of methoxy groups -OCH3 is 4. The van der Waals surface area contributed by atoms with Crippen molar-refractivity contribution >= 4 is 17.8 Å². The Bertz CT molecular complexity index is 703. The van der Waals surface area contributed by atoms with E-state index in [1.54, 1.807) is 0 Å². The quantitative estimate of drug-likeness (QED) is 0.593. The predicted molar refractivity (Wildman–Crippen MR) is 99.8 cm³/mol. The van der Waals surface area contributed by atoms with Crippen LogP contribution in [0.25, 0.3) is 0 Å². The van der Waals surface area contributed by atoms with Gasteiger partial charge in [-0.25, -0.2) is 9.59 Å².